The van der Waals surface area contributed by atoms with Crippen molar-refractivity contribution in [1.82, 2.24) is 0 Å². The van der Waals surface area contributed by atoms with Crippen LogP contribution in [0.3, 0.4) is 0 Å². The number of aryl methyl sites for hydroxylation is 1. The molecule has 0 heterocycles. The Morgan fingerprint density at radius 3 is 2.60 bits per heavy atom. The van der Waals surface area contributed by atoms with Crippen molar-refractivity contribution >= 4 is 12.4 Å². The van der Waals surface area contributed by atoms with Gasteiger partial charge in [-0.2, -0.15) is 0 Å². The van der Waals surface area contributed by atoms with E-state index in [1.165, 1.54) is 6.07 Å². The molecule has 86 valence electrons. The first-order valence-corrected chi connectivity index (χ1v) is 4.51. The third kappa shape index (κ3) is 3.34. The summed E-state index contributed by atoms with van der Waals surface area (Å²) in [6.45, 7) is 2.16. The van der Waals surface area contributed by atoms with Crippen LogP contribution in [-0.4, -0.2) is 11.7 Å². The molecule has 5 heteroatoms. The molecular formula is C10H16ClFN2O. The molecule has 3 nitrogen and oxygen atoms in total. The van der Waals surface area contributed by atoms with Crippen LogP contribution in [0.4, 0.5) is 4.39 Å². The number of halogens is 2. The second-order valence-electron chi connectivity index (χ2n) is 3.37. The zero-order chi connectivity index (χ0) is 10.7. The van der Waals surface area contributed by atoms with Crippen LogP contribution in [0.2, 0.25) is 0 Å². The quantitative estimate of drug-likeness (QED) is 0.744. The fourth-order valence-electron chi connectivity index (χ4n) is 1.38. The lowest BCUT2D eigenvalue weighted by Crippen LogP contribution is -2.15. The summed E-state index contributed by atoms with van der Waals surface area (Å²) in [6, 6.07) is 2.54. The summed E-state index contributed by atoms with van der Waals surface area (Å²) in [6.07, 6.45) is 0.524. The summed E-state index contributed by atoms with van der Waals surface area (Å²) in [7, 11) is 0. The fourth-order valence-corrected chi connectivity index (χ4v) is 1.38. The topological polar surface area (TPSA) is 72.3 Å². The van der Waals surface area contributed by atoms with Gasteiger partial charge in [0.1, 0.15) is 0 Å². The van der Waals surface area contributed by atoms with Crippen molar-refractivity contribution in [3.8, 4) is 5.75 Å². The van der Waals surface area contributed by atoms with Crippen LogP contribution in [-0.2, 0) is 0 Å². The van der Waals surface area contributed by atoms with Crippen molar-refractivity contribution in [2.75, 3.05) is 6.54 Å². The SMILES string of the molecule is Cc1cc(F)c(O)c([C@H](N)CCN)c1.Cl. The zero-order valence-electron chi connectivity index (χ0n) is 8.53. The summed E-state index contributed by atoms with van der Waals surface area (Å²) in [5, 5.41) is 9.42. The van der Waals surface area contributed by atoms with Crippen LogP contribution in [0, 0.1) is 12.7 Å². The van der Waals surface area contributed by atoms with Gasteiger partial charge >= 0.3 is 0 Å². The molecule has 0 unspecified atom stereocenters. The number of nitrogens with two attached hydrogens (primary N) is 2. The standard InChI is InChI=1S/C10H15FN2O.ClH/c1-6-4-7(9(13)2-3-12)10(14)8(11)5-6;/h4-5,9,14H,2-3,12-13H2,1H3;1H/t9-;/m1./s1. The van der Waals surface area contributed by atoms with Gasteiger partial charge in [-0.05, 0) is 31.5 Å². The summed E-state index contributed by atoms with van der Waals surface area (Å²) < 4.78 is 13.1. The van der Waals surface area contributed by atoms with E-state index in [4.69, 9.17) is 11.5 Å². The number of phenols is 1. The molecule has 1 atom stereocenters. The summed E-state index contributed by atoms with van der Waals surface area (Å²) in [5.74, 6) is -0.996. The molecule has 5 N–H and O–H groups in total. The van der Waals surface area contributed by atoms with Gasteiger partial charge in [0.2, 0.25) is 0 Å². The van der Waals surface area contributed by atoms with Crippen LogP contribution in [0.25, 0.3) is 0 Å². The Kier molecular flexibility index (Phi) is 5.57. The van der Waals surface area contributed by atoms with E-state index < -0.39 is 11.9 Å². The first kappa shape index (κ1) is 14.2. The molecule has 1 rings (SSSR count). The zero-order valence-corrected chi connectivity index (χ0v) is 9.35. The molecule has 0 amide bonds. The average molecular weight is 235 g/mol. The van der Waals surface area contributed by atoms with Crippen LogP contribution >= 0.6 is 12.4 Å². The van der Waals surface area contributed by atoms with E-state index in [2.05, 4.69) is 0 Å². The molecule has 0 radical (unpaired) electrons. The first-order valence-electron chi connectivity index (χ1n) is 4.51. The highest BCUT2D eigenvalue weighted by atomic mass is 35.5. The second kappa shape index (κ2) is 5.90. The Morgan fingerprint density at radius 1 is 1.47 bits per heavy atom. The highest BCUT2D eigenvalue weighted by molar-refractivity contribution is 5.85. The van der Waals surface area contributed by atoms with Crippen molar-refractivity contribution in [3.63, 3.8) is 0 Å². The van der Waals surface area contributed by atoms with Gasteiger partial charge in [0.15, 0.2) is 11.6 Å². The minimum absolute atomic E-state index is 0. The highest BCUT2D eigenvalue weighted by Crippen LogP contribution is 2.28. The van der Waals surface area contributed by atoms with Crippen LogP contribution < -0.4 is 11.5 Å². The Labute approximate surface area is 94.7 Å². The maximum absolute atomic E-state index is 13.1. The summed E-state index contributed by atoms with van der Waals surface area (Å²) in [4.78, 5) is 0. The fraction of sp³-hybridized carbons (Fsp3) is 0.400. The van der Waals surface area contributed by atoms with E-state index in [0.717, 1.165) is 5.56 Å². The smallest absolute Gasteiger partial charge is 0.165 e. The molecule has 15 heavy (non-hydrogen) atoms. The molecular weight excluding hydrogens is 219 g/mol. The summed E-state index contributed by atoms with van der Waals surface area (Å²) >= 11 is 0. The van der Waals surface area contributed by atoms with Crippen molar-refractivity contribution < 1.29 is 9.50 Å². The van der Waals surface area contributed by atoms with Gasteiger partial charge in [-0.15, -0.1) is 12.4 Å². The minimum atomic E-state index is -0.632. The van der Waals surface area contributed by atoms with Gasteiger partial charge in [0.25, 0.3) is 0 Å². The van der Waals surface area contributed by atoms with E-state index in [1.807, 2.05) is 0 Å². The maximum atomic E-state index is 13.1. The first-order chi connectivity index (χ1) is 6.56. The number of benzene rings is 1. The van der Waals surface area contributed by atoms with E-state index in [1.54, 1.807) is 13.0 Å². The van der Waals surface area contributed by atoms with E-state index in [-0.39, 0.29) is 18.2 Å². The Morgan fingerprint density at radius 2 is 2.07 bits per heavy atom. The van der Waals surface area contributed by atoms with Crippen molar-refractivity contribution in [3.05, 3.63) is 29.1 Å². The van der Waals surface area contributed by atoms with Gasteiger partial charge in [-0.3, -0.25) is 0 Å². The van der Waals surface area contributed by atoms with Crippen LogP contribution in [0.15, 0.2) is 12.1 Å². The monoisotopic (exact) mass is 234 g/mol. The predicted octanol–water partition coefficient (Wildman–Crippen LogP) is 1.61. The maximum Gasteiger partial charge on any atom is 0.165 e. The number of hydrogen-bond acceptors (Lipinski definition) is 3. The van der Waals surface area contributed by atoms with E-state index in [9.17, 15) is 9.50 Å². The molecule has 0 aliphatic rings. The van der Waals surface area contributed by atoms with Gasteiger partial charge in [0, 0.05) is 11.6 Å². The average Bonchev–Trinajstić information content (AvgIpc) is 2.11. The van der Waals surface area contributed by atoms with Crippen molar-refractivity contribution in [2.24, 2.45) is 11.5 Å². The number of aromatic hydroxyl groups is 1. The molecule has 0 fully saturated rings. The lowest BCUT2D eigenvalue weighted by atomic mass is 10.0. The van der Waals surface area contributed by atoms with Crippen LogP contribution in [0.5, 0.6) is 5.75 Å². The predicted molar refractivity (Wildman–Crippen MR) is 60.6 cm³/mol. The lowest BCUT2D eigenvalue weighted by molar-refractivity contribution is 0.418. The highest BCUT2D eigenvalue weighted by Gasteiger charge is 2.14. The molecule has 0 aromatic heterocycles. The molecule has 0 bridgehead atoms. The Hall–Kier alpha value is -0.840. The second-order valence-corrected chi connectivity index (χ2v) is 3.37. The van der Waals surface area contributed by atoms with Crippen LogP contribution in [0.1, 0.15) is 23.6 Å². The van der Waals surface area contributed by atoms with Crippen molar-refractivity contribution in [2.45, 2.75) is 19.4 Å². The minimum Gasteiger partial charge on any atom is -0.505 e. The van der Waals surface area contributed by atoms with Gasteiger partial charge in [-0.25, -0.2) is 4.39 Å². The number of phenolic OH excluding ortho intramolecular Hbond substituents is 1. The molecule has 0 aliphatic carbocycles. The third-order valence-electron chi connectivity index (χ3n) is 2.11. The normalized spacial score (nSPS) is 12.0. The molecule has 1 aromatic carbocycles. The molecule has 1 aromatic rings. The lowest BCUT2D eigenvalue weighted by Gasteiger charge is -2.13. The van der Waals surface area contributed by atoms with Gasteiger partial charge < -0.3 is 16.6 Å². The largest absolute Gasteiger partial charge is 0.505 e. The van der Waals surface area contributed by atoms with Gasteiger partial charge in [0.05, 0.1) is 0 Å². The Bertz CT molecular complexity index is 333. The molecule has 0 aliphatic heterocycles. The summed E-state index contributed by atoms with van der Waals surface area (Å²) in [5.41, 5.74) is 12.2. The number of hydrogen-bond donors (Lipinski definition) is 3. The molecule has 0 saturated heterocycles. The number of rotatable bonds is 3. The van der Waals surface area contributed by atoms with E-state index in [0.29, 0.717) is 18.5 Å². The molecule has 0 saturated carbocycles. The molecule has 0 spiro atoms. The van der Waals surface area contributed by atoms with Gasteiger partial charge in [-0.1, -0.05) is 6.07 Å². The third-order valence-corrected chi connectivity index (χ3v) is 2.11. The van der Waals surface area contributed by atoms with E-state index >= 15 is 0 Å². The van der Waals surface area contributed by atoms with Crippen molar-refractivity contribution in [1.29, 1.82) is 0 Å². The Balaban J connectivity index is 0.00000196.